The summed E-state index contributed by atoms with van der Waals surface area (Å²) in [6.45, 7) is 9.37. The van der Waals surface area contributed by atoms with Gasteiger partial charge in [0.25, 0.3) is 0 Å². The second-order valence-electron chi connectivity index (χ2n) is 3.82. The summed E-state index contributed by atoms with van der Waals surface area (Å²) in [7, 11) is -2.91. The molecule has 0 saturated carbocycles. The van der Waals surface area contributed by atoms with Crippen molar-refractivity contribution in [2.75, 3.05) is 5.75 Å². The van der Waals surface area contributed by atoms with Gasteiger partial charge in [-0.05, 0) is 19.8 Å². The minimum Gasteiger partial charge on any atom is -0.228 e. The van der Waals surface area contributed by atoms with Gasteiger partial charge in [0.05, 0.1) is 4.75 Å². The smallest absolute Gasteiger partial charge is 0.155 e. The Kier molecular flexibility index (Phi) is 3.76. The van der Waals surface area contributed by atoms with Gasteiger partial charge in [-0.2, -0.15) is 0 Å². The molecular formula is C9H20O2S. The summed E-state index contributed by atoms with van der Waals surface area (Å²) in [5.74, 6) is 0.465. The van der Waals surface area contributed by atoms with Gasteiger partial charge in [-0.15, -0.1) is 0 Å². The molecule has 0 heterocycles. The van der Waals surface area contributed by atoms with Crippen LogP contribution in [0, 0.1) is 5.92 Å². The molecule has 74 valence electrons. The molecule has 12 heavy (non-hydrogen) atoms. The third kappa shape index (κ3) is 2.00. The van der Waals surface area contributed by atoms with Crippen LogP contribution in [-0.2, 0) is 9.84 Å². The van der Waals surface area contributed by atoms with Crippen LogP contribution in [0.15, 0.2) is 0 Å². The summed E-state index contributed by atoms with van der Waals surface area (Å²) in [6, 6.07) is 0. The zero-order valence-corrected chi connectivity index (χ0v) is 9.53. The van der Waals surface area contributed by atoms with Gasteiger partial charge in [0.2, 0.25) is 0 Å². The lowest BCUT2D eigenvalue weighted by Gasteiger charge is -2.30. The van der Waals surface area contributed by atoms with Crippen molar-refractivity contribution in [3.05, 3.63) is 0 Å². The van der Waals surface area contributed by atoms with Crippen LogP contribution in [0.3, 0.4) is 0 Å². The number of hydrogen-bond acceptors (Lipinski definition) is 2. The number of rotatable bonds is 4. The average Bonchev–Trinajstić information content (AvgIpc) is 2.02. The first-order valence-corrected chi connectivity index (χ1v) is 6.17. The molecule has 0 aliphatic carbocycles. The second kappa shape index (κ2) is 3.77. The molecule has 1 unspecified atom stereocenters. The first-order valence-electron chi connectivity index (χ1n) is 4.51. The fourth-order valence-corrected chi connectivity index (χ4v) is 2.69. The van der Waals surface area contributed by atoms with Gasteiger partial charge in [-0.3, -0.25) is 0 Å². The minimum absolute atomic E-state index is 0.224. The zero-order chi connectivity index (χ0) is 9.99. The second-order valence-corrected chi connectivity index (χ2v) is 6.68. The molecule has 0 amide bonds. The van der Waals surface area contributed by atoms with E-state index in [2.05, 4.69) is 0 Å². The van der Waals surface area contributed by atoms with E-state index in [9.17, 15) is 8.42 Å². The Hall–Kier alpha value is -0.0500. The quantitative estimate of drug-likeness (QED) is 0.684. The predicted molar refractivity (Wildman–Crippen MR) is 53.0 cm³/mol. The Bertz CT molecular complexity index is 227. The van der Waals surface area contributed by atoms with Gasteiger partial charge in [-0.25, -0.2) is 8.42 Å². The fraction of sp³-hybridized carbons (Fsp3) is 1.00. The van der Waals surface area contributed by atoms with E-state index in [0.717, 1.165) is 6.42 Å². The molecule has 0 aromatic carbocycles. The standard InChI is InChI=1S/C9H20O2S/c1-6-8(3)9(4,5)12(10,11)7-2/h8H,6-7H2,1-5H3. The molecule has 0 spiro atoms. The van der Waals surface area contributed by atoms with Crippen molar-refractivity contribution in [1.29, 1.82) is 0 Å². The van der Waals surface area contributed by atoms with E-state index in [-0.39, 0.29) is 11.7 Å². The van der Waals surface area contributed by atoms with Gasteiger partial charge in [0.1, 0.15) is 0 Å². The lowest BCUT2D eigenvalue weighted by atomic mass is 9.95. The molecular weight excluding hydrogens is 172 g/mol. The summed E-state index contributed by atoms with van der Waals surface area (Å²) < 4.78 is 22.7. The first kappa shape index (κ1) is 11.9. The molecule has 0 rings (SSSR count). The van der Waals surface area contributed by atoms with Gasteiger partial charge >= 0.3 is 0 Å². The number of sulfone groups is 1. The topological polar surface area (TPSA) is 34.1 Å². The van der Waals surface area contributed by atoms with Gasteiger partial charge in [0, 0.05) is 5.75 Å². The zero-order valence-electron chi connectivity index (χ0n) is 8.72. The van der Waals surface area contributed by atoms with Crippen molar-refractivity contribution in [2.45, 2.75) is 45.8 Å². The highest BCUT2D eigenvalue weighted by molar-refractivity contribution is 7.92. The lowest BCUT2D eigenvalue weighted by molar-refractivity contribution is 0.415. The van der Waals surface area contributed by atoms with E-state index < -0.39 is 14.6 Å². The van der Waals surface area contributed by atoms with Crippen LogP contribution in [-0.4, -0.2) is 18.9 Å². The Morgan fingerprint density at radius 3 is 1.92 bits per heavy atom. The highest BCUT2D eigenvalue weighted by Crippen LogP contribution is 2.28. The first-order chi connectivity index (χ1) is 5.29. The van der Waals surface area contributed by atoms with E-state index in [1.165, 1.54) is 0 Å². The molecule has 0 bridgehead atoms. The van der Waals surface area contributed by atoms with Crippen LogP contribution in [0.2, 0.25) is 0 Å². The van der Waals surface area contributed by atoms with Crippen molar-refractivity contribution < 1.29 is 8.42 Å². The Labute approximate surface area is 76.3 Å². The molecule has 0 fully saturated rings. The van der Waals surface area contributed by atoms with Crippen molar-refractivity contribution in [3.63, 3.8) is 0 Å². The van der Waals surface area contributed by atoms with E-state index >= 15 is 0 Å². The van der Waals surface area contributed by atoms with Crippen LogP contribution < -0.4 is 0 Å². The molecule has 2 nitrogen and oxygen atoms in total. The molecule has 0 aliphatic rings. The van der Waals surface area contributed by atoms with Crippen LogP contribution in [0.1, 0.15) is 41.0 Å². The number of hydrogen-bond donors (Lipinski definition) is 0. The summed E-state index contributed by atoms with van der Waals surface area (Å²) >= 11 is 0. The molecule has 3 heteroatoms. The summed E-state index contributed by atoms with van der Waals surface area (Å²) in [6.07, 6.45) is 0.909. The molecule has 1 atom stereocenters. The SMILES string of the molecule is CCC(C)C(C)(C)S(=O)(=O)CC. The molecule has 0 aromatic heterocycles. The van der Waals surface area contributed by atoms with Gasteiger partial charge in [-0.1, -0.05) is 27.2 Å². The van der Waals surface area contributed by atoms with Crippen LogP contribution in [0.4, 0.5) is 0 Å². The van der Waals surface area contributed by atoms with E-state index in [1.807, 2.05) is 27.7 Å². The van der Waals surface area contributed by atoms with Crippen LogP contribution in [0.25, 0.3) is 0 Å². The maximum atomic E-state index is 11.6. The predicted octanol–water partition coefficient (Wildman–Crippen LogP) is 2.25. The maximum Gasteiger partial charge on any atom is 0.155 e. The molecule has 0 aromatic rings. The minimum atomic E-state index is -2.91. The van der Waals surface area contributed by atoms with Crippen molar-refractivity contribution >= 4 is 9.84 Å². The molecule has 0 radical (unpaired) electrons. The summed E-state index contributed by atoms with van der Waals surface area (Å²) in [4.78, 5) is 0. The Balaban J connectivity index is 4.85. The van der Waals surface area contributed by atoms with E-state index in [4.69, 9.17) is 0 Å². The van der Waals surface area contributed by atoms with Crippen molar-refractivity contribution in [3.8, 4) is 0 Å². The van der Waals surface area contributed by atoms with E-state index in [1.54, 1.807) is 6.92 Å². The summed E-state index contributed by atoms with van der Waals surface area (Å²) in [5, 5.41) is 0. The van der Waals surface area contributed by atoms with Crippen LogP contribution >= 0.6 is 0 Å². The molecule has 0 saturated heterocycles. The Morgan fingerprint density at radius 2 is 1.67 bits per heavy atom. The van der Waals surface area contributed by atoms with E-state index in [0.29, 0.717) is 0 Å². The van der Waals surface area contributed by atoms with Crippen LogP contribution in [0.5, 0.6) is 0 Å². The Morgan fingerprint density at radius 1 is 1.25 bits per heavy atom. The largest absolute Gasteiger partial charge is 0.228 e. The van der Waals surface area contributed by atoms with Crippen molar-refractivity contribution in [2.24, 2.45) is 5.92 Å². The third-order valence-electron chi connectivity index (χ3n) is 2.98. The normalized spacial score (nSPS) is 16.1. The fourth-order valence-electron chi connectivity index (χ4n) is 1.17. The lowest BCUT2D eigenvalue weighted by Crippen LogP contribution is -2.39. The monoisotopic (exact) mass is 192 g/mol. The highest BCUT2D eigenvalue weighted by Gasteiger charge is 2.36. The molecule has 0 aliphatic heterocycles. The van der Waals surface area contributed by atoms with Gasteiger partial charge < -0.3 is 0 Å². The molecule has 0 N–H and O–H groups in total. The summed E-state index contributed by atoms with van der Waals surface area (Å²) in [5.41, 5.74) is 0. The van der Waals surface area contributed by atoms with Gasteiger partial charge in [0.15, 0.2) is 9.84 Å². The maximum absolute atomic E-state index is 11.6. The third-order valence-corrected chi connectivity index (χ3v) is 5.75. The average molecular weight is 192 g/mol. The highest BCUT2D eigenvalue weighted by atomic mass is 32.2. The van der Waals surface area contributed by atoms with Crippen molar-refractivity contribution in [1.82, 2.24) is 0 Å².